The van der Waals surface area contributed by atoms with Crippen LogP contribution in [0.4, 0.5) is 0 Å². The van der Waals surface area contributed by atoms with Gasteiger partial charge >= 0.3 is 22.5 Å². The molecule has 1 aromatic heterocycles. The van der Waals surface area contributed by atoms with Gasteiger partial charge in [-0.2, -0.15) is 0 Å². The molecule has 1 heterocycles. The summed E-state index contributed by atoms with van der Waals surface area (Å²) in [5.74, 6) is -1.57. The van der Waals surface area contributed by atoms with Crippen LogP contribution in [0.5, 0.6) is 0 Å². The van der Waals surface area contributed by atoms with Gasteiger partial charge in [-0.05, 0) is 6.92 Å². The van der Waals surface area contributed by atoms with Gasteiger partial charge in [0.15, 0.2) is 0 Å². The predicted octanol–water partition coefficient (Wildman–Crippen LogP) is -1.55. The van der Waals surface area contributed by atoms with Crippen LogP contribution in [0.1, 0.15) is 12.6 Å². The number of hydrogen-bond acceptors (Lipinski definition) is 3. The molecule has 0 bridgehead atoms. The van der Waals surface area contributed by atoms with E-state index in [1.165, 1.54) is 13.3 Å². The van der Waals surface area contributed by atoms with Crippen molar-refractivity contribution in [2.45, 2.75) is 19.4 Å². The Kier molecular flexibility index (Phi) is 12.1. The second-order valence-electron chi connectivity index (χ2n) is 3.41. The minimum atomic E-state index is -1.10. The summed E-state index contributed by atoms with van der Waals surface area (Å²) in [5.41, 5.74) is 0.850. The Labute approximate surface area is 119 Å². The Morgan fingerprint density at radius 1 is 1.53 bits per heavy atom. The standard InChI is InChI=1S/C10H13N3O3.Ni.2H2O/c1-6(2)9(14)13-8(10(15)16)3-7-4-11-5-12-7;;;/h4-5,8H,1,3H2,2H3,(H,11,12)(H,13,14)(H,15,16);;2*1H2/q;+2;;/t8-;;;/m0.../s1. The van der Waals surface area contributed by atoms with E-state index >= 15 is 0 Å². The first-order valence-corrected chi connectivity index (χ1v) is 4.67. The molecule has 8 nitrogen and oxygen atoms in total. The van der Waals surface area contributed by atoms with E-state index in [1.807, 2.05) is 0 Å². The van der Waals surface area contributed by atoms with Crippen molar-refractivity contribution in [2.24, 2.45) is 0 Å². The number of imidazole rings is 1. The number of nitrogens with zero attached hydrogens (tertiary/aromatic N) is 1. The second kappa shape index (κ2) is 10.2. The number of carbonyl (C=O) groups is 2. The van der Waals surface area contributed by atoms with Gasteiger partial charge in [-0.15, -0.1) is 0 Å². The maximum atomic E-state index is 11.3. The number of carboxylic acid groups (broad SMARTS) is 1. The fourth-order valence-electron chi connectivity index (χ4n) is 1.09. The monoisotopic (exact) mass is 317 g/mol. The van der Waals surface area contributed by atoms with E-state index in [2.05, 4.69) is 21.9 Å². The van der Waals surface area contributed by atoms with E-state index < -0.39 is 17.9 Å². The van der Waals surface area contributed by atoms with Crippen molar-refractivity contribution >= 4 is 11.9 Å². The molecule has 0 aliphatic rings. The van der Waals surface area contributed by atoms with Gasteiger partial charge in [-0.25, -0.2) is 9.78 Å². The molecule has 7 N–H and O–H groups in total. The first kappa shape index (κ1) is 22.5. The average molecular weight is 318 g/mol. The summed E-state index contributed by atoms with van der Waals surface area (Å²) < 4.78 is 0. The van der Waals surface area contributed by atoms with E-state index in [9.17, 15) is 9.59 Å². The van der Waals surface area contributed by atoms with Crippen LogP contribution in [-0.2, 0) is 32.5 Å². The number of carbonyl (C=O) groups excluding carboxylic acids is 1. The Balaban J connectivity index is -0.000000853. The van der Waals surface area contributed by atoms with Crippen LogP contribution in [0.3, 0.4) is 0 Å². The van der Waals surface area contributed by atoms with Gasteiger partial charge in [0.05, 0.1) is 12.0 Å². The number of aliphatic carboxylic acids is 1. The molecule has 19 heavy (non-hydrogen) atoms. The number of H-pyrrole nitrogens is 1. The maximum absolute atomic E-state index is 11.3. The molecular weight excluding hydrogens is 301 g/mol. The number of aromatic amines is 1. The van der Waals surface area contributed by atoms with E-state index in [4.69, 9.17) is 5.11 Å². The Bertz CT molecular complexity index is 407. The molecule has 1 atom stereocenters. The zero-order valence-corrected chi connectivity index (χ0v) is 11.2. The Morgan fingerprint density at radius 2 is 2.11 bits per heavy atom. The molecule has 1 aromatic rings. The van der Waals surface area contributed by atoms with E-state index in [1.54, 1.807) is 6.20 Å². The van der Waals surface area contributed by atoms with Crippen molar-refractivity contribution in [3.05, 3.63) is 30.4 Å². The fourth-order valence-corrected chi connectivity index (χ4v) is 1.09. The number of nitrogens with one attached hydrogen (secondary N) is 2. The van der Waals surface area contributed by atoms with Crippen molar-refractivity contribution in [3.63, 3.8) is 0 Å². The van der Waals surface area contributed by atoms with Gasteiger partial charge in [-0.3, -0.25) is 4.79 Å². The molecular formula is C10H17N3NiO5+2. The average Bonchev–Trinajstić information content (AvgIpc) is 2.68. The molecule has 0 aliphatic heterocycles. The smallest absolute Gasteiger partial charge is 0.480 e. The number of rotatable bonds is 5. The summed E-state index contributed by atoms with van der Waals surface area (Å²) in [6.07, 6.45) is 3.18. The van der Waals surface area contributed by atoms with Gasteiger partial charge in [0.25, 0.3) is 0 Å². The summed E-state index contributed by atoms with van der Waals surface area (Å²) in [6, 6.07) is -0.993. The minimum Gasteiger partial charge on any atom is -0.480 e. The van der Waals surface area contributed by atoms with Gasteiger partial charge < -0.3 is 26.4 Å². The molecule has 0 fully saturated rings. The van der Waals surface area contributed by atoms with Gasteiger partial charge in [0, 0.05) is 18.2 Å². The third-order valence-electron chi connectivity index (χ3n) is 1.96. The summed E-state index contributed by atoms with van der Waals surface area (Å²) in [6.45, 7) is 4.95. The van der Waals surface area contributed by atoms with Crippen LogP contribution in [0, 0.1) is 0 Å². The second-order valence-corrected chi connectivity index (χ2v) is 3.41. The number of aromatic nitrogens is 2. The van der Waals surface area contributed by atoms with Crippen molar-refractivity contribution < 1.29 is 42.1 Å². The third kappa shape index (κ3) is 7.35. The molecule has 1 amide bonds. The fraction of sp³-hybridized carbons (Fsp3) is 0.300. The number of carboxylic acids is 1. The predicted molar refractivity (Wildman–Crippen MR) is 63.9 cm³/mol. The third-order valence-corrected chi connectivity index (χ3v) is 1.96. The quantitative estimate of drug-likeness (QED) is 0.443. The molecule has 0 saturated carbocycles. The van der Waals surface area contributed by atoms with Crippen molar-refractivity contribution in [1.29, 1.82) is 0 Å². The largest absolute Gasteiger partial charge is 2.00 e. The Morgan fingerprint density at radius 3 is 2.47 bits per heavy atom. The molecule has 0 radical (unpaired) electrons. The SMILES string of the molecule is C=C(C)C(=O)N[C@@H](Cc1c[nH]cn1)C(=O)O.O.O.[Ni+2]. The molecule has 110 valence electrons. The topological polar surface area (TPSA) is 158 Å². The molecule has 0 saturated heterocycles. The van der Waals surface area contributed by atoms with Crippen LogP contribution in [-0.4, -0.2) is 43.9 Å². The zero-order valence-electron chi connectivity index (χ0n) is 10.2. The maximum Gasteiger partial charge on any atom is 2.00 e. The molecule has 0 aromatic carbocycles. The van der Waals surface area contributed by atoms with E-state index in [-0.39, 0.29) is 39.4 Å². The van der Waals surface area contributed by atoms with Crippen LogP contribution in [0.25, 0.3) is 0 Å². The first-order valence-electron chi connectivity index (χ1n) is 4.67. The van der Waals surface area contributed by atoms with Crippen molar-refractivity contribution in [2.75, 3.05) is 0 Å². The van der Waals surface area contributed by atoms with Gasteiger partial charge in [-0.1, -0.05) is 6.58 Å². The summed E-state index contributed by atoms with van der Waals surface area (Å²) >= 11 is 0. The number of amides is 1. The molecule has 0 aliphatic carbocycles. The Hall–Kier alpha value is -1.70. The molecule has 9 heteroatoms. The van der Waals surface area contributed by atoms with Gasteiger partial charge in [0.1, 0.15) is 6.04 Å². The van der Waals surface area contributed by atoms with E-state index in [0.717, 1.165) is 0 Å². The van der Waals surface area contributed by atoms with Crippen molar-refractivity contribution in [3.8, 4) is 0 Å². The van der Waals surface area contributed by atoms with Crippen LogP contribution < -0.4 is 5.32 Å². The summed E-state index contributed by atoms with van der Waals surface area (Å²) in [4.78, 5) is 28.8. The van der Waals surface area contributed by atoms with Crippen molar-refractivity contribution in [1.82, 2.24) is 15.3 Å². The summed E-state index contributed by atoms with van der Waals surface area (Å²) in [5, 5.41) is 11.3. The van der Waals surface area contributed by atoms with Crippen LogP contribution in [0.2, 0.25) is 0 Å². The normalized spacial score (nSPS) is 9.95. The van der Waals surface area contributed by atoms with Crippen LogP contribution >= 0.6 is 0 Å². The number of hydrogen-bond donors (Lipinski definition) is 3. The first-order chi connectivity index (χ1) is 7.50. The van der Waals surface area contributed by atoms with E-state index in [0.29, 0.717) is 5.69 Å². The van der Waals surface area contributed by atoms with Gasteiger partial charge in [0.2, 0.25) is 5.91 Å². The minimum absolute atomic E-state index is 0. The molecule has 0 unspecified atom stereocenters. The molecule has 0 spiro atoms. The van der Waals surface area contributed by atoms with Crippen LogP contribution in [0.15, 0.2) is 24.7 Å². The zero-order chi connectivity index (χ0) is 12.1. The molecule has 1 rings (SSSR count). The summed E-state index contributed by atoms with van der Waals surface area (Å²) in [7, 11) is 0.